The molecule has 0 bridgehead atoms. The number of benzene rings is 1. The zero-order valence-corrected chi connectivity index (χ0v) is 14.4. The van der Waals surface area contributed by atoms with E-state index in [2.05, 4.69) is 10.1 Å². The van der Waals surface area contributed by atoms with Gasteiger partial charge in [0.15, 0.2) is 0 Å². The van der Waals surface area contributed by atoms with E-state index in [-0.39, 0.29) is 31.7 Å². The van der Waals surface area contributed by atoms with Crippen LogP contribution < -0.4 is 5.32 Å². The third-order valence-electron chi connectivity index (χ3n) is 4.71. The fourth-order valence-electron chi connectivity index (χ4n) is 2.96. The maximum Gasteiger partial charge on any atom is 0.418 e. The fourth-order valence-corrected chi connectivity index (χ4v) is 2.96. The summed E-state index contributed by atoms with van der Waals surface area (Å²) in [6.07, 6.45) is 0.437. The quantitative estimate of drug-likeness (QED) is 0.653. The minimum absolute atomic E-state index is 0.103. The first-order valence-electron chi connectivity index (χ1n) is 8.43. The number of rotatable bonds is 3. The van der Waals surface area contributed by atoms with Gasteiger partial charge in [-0.3, -0.25) is 4.79 Å². The van der Waals surface area contributed by atoms with E-state index in [1.807, 2.05) is 0 Å². The van der Waals surface area contributed by atoms with Crippen molar-refractivity contribution in [3.05, 3.63) is 35.4 Å². The molecule has 26 heavy (non-hydrogen) atoms. The van der Waals surface area contributed by atoms with E-state index in [1.54, 1.807) is 24.3 Å². The number of piperidine rings is 1. The number of ether oxygens (including phenoxy) is 2. The van der Waals surface area contributed by atoms with Gasteiger partial charge >= 0.3 is 18.2 Å². The highest BCUT2D eigenvalue weighted by Crippen LogP contribution is 2.45. The fraction of sp³-hybridized carbons (Fsp3) is 0.444. The van der Waals surface area contributed by atoms with Crippen LogP contribution in [-0.2, 0) is 19.8 Å². The molecule has 1 aliphatic heterocycles. The second-order valence-corrected chi connectivity index (χ2v) is 6.46. The summed E-state index contributed by atoms with van der Waals surface area (Å²) in [7, 11) is 1.31. The molecule has 1 aromatic rings. The zero-order chi connectivity index (χ0) is 18.7. The van der Waals surface area contributed by atoms with Gasteiger partial charge in [0, 0.05) is 25.9 Å². The van der Waals surface area contributed by atoms with E-state index in [0.717, 1.165) is 5.56 Å². The average molecular weight is 360 g/mol. The van der Waals surface area contributed by atoms with Crippen LogP contribution in [0.1, 0.15) is 41.6 Å². The topological polar surface area (TPSA) is 102 Å². The summed E-state index contributed by atoms with van der Waals surface area (Å²) in [5.74, 6) is -0.329. The lowest BCUT2D eigenvalue weighted by Crippen LogP contribution is -2.43. The van der Waals surface area contributed by atoms with E-state index < -0.39 is 23.7 Å². The second-order valence-electron chi connectivity index (χ2n) is 6.46. The van der Waals surface area contributed by atoms with Crippen molar-refractivity contribution >= 4 is 23.9 Å². The lowest BCUT2D eigenvalue weighted by molar-refractivity contribution is -0.121. The lowest BCUT2D eigenvalue weighted by atomic mass is 10.0. The van der Waals surface area contributed by atoms with Gasteiger partial charge in [-0.25, -0.2) is 14.4 Å². The molecule has 1 aliphatic carbocycles. The molecule has 2 amide bonds. The van der Waals surface area contributed by atoms with Gasteiger partial charge in [-0.1, -0.05) is 12.1 Å². The summed E-state index contributed by atoms with van der Waals surface area (Å²) >= 11 is 0. The number of esters is 1. The van der Waals surface area contributed by atoms with E-state index in [0.29, 0.717) is 18.4 Å². The largest absolute Gasteiger partial charge is 0.465 e. The molecule has 0 atom stereocenters. The Kier molecular flexibility index (Phi) is 4.92. The molecule has 0 radical (unpaired) electrons. The smallest absolute Gasteiger partial charge is 0.418 e. The van der Waals surface area contributed by atoms with Crippen molar-refractivity contribution in [1.29, 1.82) is 0 Å². The van der Waals surface area contributed by atoms with Crippen LogP contribution in [0.15, 0.2) is 24.3 Å². The number of ketones is 1. The van der Waals surface area contributed by atoms with Crippen LogP contribution in [0.5, 0.6) is 0 Å². The first-order chi connectivity index (χ1) is 12.4. The molecular weight excluding hydrogens is 340 g/mol. The number of Topliss-reactive ketones (excluding diaryl/α,β-unsaturated/α-hetero) is 1. The summed E-state index contributed by atoms with van der Waals surface area (Å²) in [6, 6.07) is 6.75. The van der Waals surface area contributed by atoms with Gasteiger partial charge in [-0.2, -0.15) is 0 Å². The second kappa shape index (κ2) is 7.15. The zero-order valence-electron chi connectivity index (χ0n) is 14.4. The SMILES string of the molecule is COC(=O)c1ccc(C2(NC(=O)OC(=O)N3CCC(=O)CC3)CC2)cc1. The van der Waals surface area contributed by atoms with Gasteiger partial charge in [0.25, 0.3) is 0 Å². The van der Waals surface area contributed by atoms with Crippen molar-refractivity contribution in [3.63, 3.8) is 0 Å². The molecule has 8 heteroatoms. The summed E-state index contributed by atoms with van der Waals surface area (Å²) < 4.78 is 9.51. The number of carbonyl (C=O) groups is 4. The summed E-state index contributed by atoms with van der Waals surface area (Å²) in [5.41, 5.74) is 0.673. The van der Waals surface area contributed by atoms with Crippen molar-refractivity contribution < 1.29 is 28.7 Å². The van der Waals surface area contributed by atoms with Crippen LogP contribution in [0, 0.1) is 0 Å². The van der Waals surface area contributed by atoms with Crippen LogP contribution in [0.3, 0.4) is 0 Å². The van der Waals surface area contributed by atoms with Crippen LogP contribution in [0.25, 0.3) is 0 Å². The highest BCUT2D eigenvalue weighted by molar-refractivity contribution is 5.89. The highest BCUT2D eigenvalue weighted by atomic mass is 16.6. The molecule has 2 aliphatic rings. The van der Waals surface area contributed by atoms with Gasteiger partial charge in [0.2, 0.25) is 0 Å². The molecule has 138 valence electrons. The number of carbonyl (C=O) groups excluding carboxylic acids is 4. The summed E-state index contributed by atoms with van der Waals surface area (Å²) in [5, 5.41) is 2.73. The number of alkyl carbamates (subject to hydrolysis) is 1. The van der Waals surface area contributed by atoms with Crippen molar-refractivity contribution in [2.24, 2.45) is 0 Å². The standard InChI is InChI=1S/C18H20N2O6/c1-25-15(22)12-2-4-13(5-3-12)18(8-9-18)19-16(23)26-17(24)20-10-6-14(21)7-11-20/h2-5H,6-11H2,1H3,(H,19,23). The van der Waals surface area contributed by atoms with Crippen molar-refractivity contribution in [2.45, 2.75) is 31.2 Å². The molecule has 1 N–H and O–H groups in total. The van der Waals surface area contributed by atoms with Crippen LogP contribution in [0.2, 0.25) is 0 Å². The molecule has 1 heterocycles. The molecule has 0 aromatic heterocycles. The van der Waals surface area contributed by atoms with E-state index in [9.17, 15) is 19.2 Å². The van der Waals surface area contributed by atoms with Gasteiger partial charge in [0.1, 0.15) is 5.78 Å². The molecule has 1 saturated heterocycles. The van der Waals surface area contributed by atoms with Crippen LogP contribution in [-0.4, -0.2) is 49.0 Å². The molecular formula is C18H20N2O6. The third kappa shape index (κ3) is 3.84. The average Bonchev–Trinajstić information content (AvgIpc) is 3.42. The molecule has 2 fully saturated rings. The van der Waals surface area contributed by atoms with Crippen molar-refractivity contribution in [1.82, 2.24) is 10.2 Å². The Morgan fingerprint density at radius 3 is 2.23 bits per heavy atom. The predicted molar refractivity (Wildman–Crippen MR) is 89.5 cm³/mol. The summed E-state index contributed by atoms with van der Waals surface area (Å²) in [4.78, 5) is 48.1. The molecule has 1 aromatic carbocycles. The Balaban J connectivity index is 1.57. The maximum absolute atomic E-state index is 12.1. The normalized spacial score (nSPS) is 18.0. The van der Waals surface area contributed by atoms with Gasteiger partial charge in [0.05, 0.1) is 18.2 Å². The molecule has 0 unspecified atom stereocenters. The monoisotopic (exact) mass is 360 g/mol. The number of hydrogen-bond donors (Lipinski definition) is 1. The number of likely N-dealkylation sites (tertiary alicyclic amines) is 1. The van der Waals surface area contributed by atoms with Crippen molar-refractivity contribution in [2.75, 3.05) is 20.2 Å². The molecule has 1 saturated carbocycles. The molecule has 3 rings (SSSR count). The Morgan fingerprint density at radius 1 is 1.08 bits per heavy atom. The third-order valence-corrected chi connectivity index (χ3v) is 4.71. The Labute approximate surface area is 150 Å². The Hall–Kier alpha value is -2.90. The number of nitrogens with zero attached hydrogens (tertiary/aromatic N) is 1. The lowest BCUT2D eigenvalue weighted by Gasteiger charge is -2.25. The minimum Gasteiger partial charge on any atom is -0.465 e. The number of hydrogen-bond acceptors (Lipinski definition) is 6. The molecule has 0 spiro atoms. The number of amides is 2. The van der Waals surface area contributed by atoms with Crippen LogP contribution in [0.4, 0.5) is 9.59 Å². The summed E-state index contributed by atoms with van der Waals surface area (Å²) in [6.45, 7) is 0.538. The first-order valence-corrected chi connectivity index (χ1v) is 8.43. The first kappa shape index (κ1) is 17.9. The number of nitrogens with one attached hydrogen (secondary N) is 1. The maximum atomic E-state index is 12.1. The van der Waals surface area contributed by atoms with E-state index in [1.165, 1.54) is 12.0 Å². The van der Waals surface area contributed by atoms with E-state index >= 15 is 0 Å². The Morgan fingerprint density at radius 2 is 1.69 bits per heavy atom. The molecule has 8 nitrogen and oxygen atoms in total. The Bertz CT molecular complexity index is 729. The van der Waals surface area contributed by atoms with Crippen LogP contribution >= 0.6 is 0 Å². The van der Waals surface area contributed by atoms with Gasteiger partial charge < -0.3 is 19.7 Å². The van der Waals surface area contributed by atoms with Gasteiger partial charge in [-0.05, 0) is 30.5 Å². The highest BCUT2D eigenvalue weighted by Gasteiger charge is 2.46. The minimum atomic E-state index is -0.818. The van der Waals surface area contributed by atoms with E-state index in [4.69, 9.17) is 4.74 Å². The predicted octanol–water partition coefficient (Wildman–Crippen LogP) is 1.97. The van der Waals surface area contributed by atoms with Gasteiger partial charge in [-0.15, -0.1) is 0 Å². The van der Waals surface area contributed by atoms with Crippen molar-refractivity contribution in [3.8, 4) is 0 Å². The number of methoxy groups -OCH3 is 1.